The Balaban J connectivity index is 1.42. The van der Waals surface area contributed by atoms with Crippen molar-refractivity contribution in [3.8, 4) is 11.3 Å². The van der Waals surface area contributed by atoms with Crippen molar-refractivity contribution in [1.82, 2.24) is 24.5 Å². The minimum Gasteiger partial charge on any atom is -0.368 e. The zero-order chi connectivity index (χ0) is 24.8. The summed E-state index contributed by atoms with van der Waals surface area (Å²) in [5, 5.41) is 5.82. The van der Waals surface area contributed by atoms with Gasteiger partial charge in [0.2, 0.25) is 5.91 Å². The third-order valence-corrected chi connectivity index (χ3v) is 10.1. The molecule has 0 spiro atoms. The van der Waals surface area contributed by atoms with Crippen LogP contribution in [0.15, 0.2) is 12.5 Å². The highest BCUT2D eigenvalue weighted by atomic mass is 32.1. The molecule has 1 saturated heterocycles. The highest BCUT2D eigenvalue weighted by Gasteiger charge is 2.48. The van der Waals surface area contributed by atoms with Crippen LogP contribution in [0.3, 0.4) is 0 Å². The van der Waals surface area contributed by atoms with E-state index in [0.717, 1.165) is 18.6 Å². The van der Waals surface area contributed by atoms with E-state index in [-0.39, 0.29) is 11.9 Å². The SMILES string of the molecule is Cc1c(-c2[nH]c3sc([C@@H]4CC5CC4CN5C(C)C(N)=O)c(C)c3c2C(C)C)cn2ncnc2c1C. The number of primary amides is 1. The molecule has 1 saturated carbocycles. The smallest absolute Gasteiger partial charge is 0.234 e. The number of carbonyl (C=O) groups excluding carboxylic acids is 1. The Morgan fingerprint density at radius 2 is 1.94 bits per heavy atom. The largest absolute Gasteiger partial charge is 0.368 e. The van der Waals surface area contributed by atoms with Gasteiger partial charge in [-0.15, -0.1) is 11.3 Å². The maximum atomic E-state index is 11.8. The fourth-order valence-electron chi connectivity index (χ4n) is 6.79. The first-order chi connectivity index (χ1) is 16.7. The average Bonchev–Trinajstić information content (AvgIpc) is 3.61. The summed E-state index contributed by atoms with van der Waals surface area (Å²) in [7, 11) is 0. The molecule has 1 amide bonds. The van der Waals surface area contributed by atoms with Gasteiger partial charge in [0.1, 0.15) is 11.2 Å². The fourth-order valence-corrected chi connectivity index (χ4v) is 8.23. The van der Waals surface area contributed by atoms with Crippen LogP contribution in [0, 0.1) is 26.7 Å². The Labute approximate surface area is 209 Å². The van der Waals surface area contributed by atoms with E-state index in [2.05, 4.69) is 60.8 Å². The molecule has 4 atom stereocenters. The molecular weight excluding hydrogens is 456 g/mol. The van der Waals surface area contributed by atoms with Crippen molar-refractivity contribution in [2.75, 3.05) is 6.54 Å². The van der Waals surface area contributed by atoms with Crippen LogP contribution in [0.1, 0.15) is 72.6 Å². The Morgan fingerprint density at radius 3 is 2.60 bits per heavy atom. The fraction of sp³-hybridized carbons (Fsp3) is 0.519. The summed E-state index contributed by atoms with van der Waals surface area (Å²) >= 11 is 1.94. The molecule has 3 unspecified atom stereocenters. The normalized spacial score (nSPS) is 23.3. The number of nitrogens with one attached hydrogen (secondary N) is 1. The molecule has 1 aliphatic heterocycles. The molecule has 3 N–H and O–H groups in total. The van der Waals surface area contributed by atoms with Crippen molar-refractivity contribution in [2.24, 2.45) is 11.7 Å². The molecule has 35 heavy (non-hydrogen) atoms. The van der Waals surface area contributed by atoms with E-state index in [9.17, 15) is 4.79 Å². The van der Waals surface area contributed by atoms with E-state index in [1.54, 1.807) is 6.33 Å². The summed E-state index contributed by atoms with van der Waals surface area (Å²) in [6.45, 7) is 14.1. The number of H-pyrrole nitrogens is 1. The Hall–Kier alpha value is -2.71. The number of aryl methyl sites for hydroxylation is 2. The number of rotatable bonds is 5. The molecule has 4 aromatic rings. The number of nitrogens with two attached hydrogens (primary N) is 1. The average molecular weight is 491 g/mol. The maximum Gasteiger partial charge on any atom is 0.234 e. The van der Waals surface area contributed by atoms with E-state index in [4.69, 9.17) is 5.73 Å². The molecule has 5 heterocycles. The van der Waals surface area contributed by atoms with E-state index in [1.165, 1.54) is 55.0 Å². The number of hydrogen-bond acceptors (Lipinski definition) is 5. The second-order valence-electron chi connectivity index (χ2n) is 11.0. The van der Waals surface area contributed by atoms with Crippen LogP contribution in [0.2, 0.25) is 0 Å². The molecule has 1 aliphatic carbocycles. The molecule has 0 aromatic carbocycles. The number of aromatic amines is 1. The Kier molecular flexibility index (Phi) is 5.13. The van der Waals surface area contributed by atoms with Gasteiger partial charge in [0.15, 0.2) is 5.65 Å². The third kappa shape index (κ3) is 3.22. The molecule has 0 radical (unpaired) electrons. The zero-order valence-corrected chi connectivity index (χ0v) is 22.2. The highest BCUT2D eigenvalue weighted by Crippen LogP contribution is 2.53. The molecule has 8 heteroatoms. The van der Waals surface area contributed by atoms with Crippen molar-refractivity contribution < 1.29 is 4.79 Å². The monoisotopic (exact) mass is 490 g/mol. The number of thiophene rings is 1. The van der Waals surface area contributed by atoms with Crippen LogP contribution >= 0.6 is 11.3 Å². The van der Waals surface area contributed by atoms with Crippen molar-refractivity contribution in [1.29, 1.82) is 0 Å². The minimum atomic E-state index is -0.210. The van der Waals surface area contributed by atoms with Crippen LogP contribution in [-0.4, -0.2) is 49.0 Å². The maximum absolute atomic E-state index is 11.8. The van der Waals surface area contributed by atoms with Crippen LogP contribution < -0.4 is 5.73 Å². The van der Waals surface area contributed by atoms with Crippen molar-refractivity contribution in [3.05, 3.63) is 39.7 Å². The van der Waals surface area contributed by atoms with Crippen molar-refractivity contribution in [2.45, 2.75) is 78.3 Å². The minimum absolute atomic E-state index is 0.172. The van der Waals surface area contributed by atoms with Gasteiger partial charge >= 0.3 is 0 Å². The molecule has 2 fully saturated rings. The zero-order valence-electron chi connectivity index (χ0n) is 21.3. The first kappa shape index (κ1) is 22.7. The number of likely N-dealkylation sites (tertiary alicyclic amines) is 1. The number of fused-ring (bicyclic) bond motifs is 4. The predicted molar refractivity (Wildman–Crippen MR) is 141 cm³/mol. The number of hydrogen-bond donors (Lipinski definition) is 2. The third-order valence-electron chi connectivity index (χ3n) is 8.76. The highest BCUT2D eigenvalue weighted by molar-refractivity contribution is 7.19. The second-order valence-corrected chi connectivity index (χ2v) is 12.0. The lowest BCUT2D eigenvalue weighted by Crippen LogP contribution is -2.47. The first-order valence-electron chi connectivity index (χ1n) is 12.7. The molecule has 6 rings (SSSR count). The summed E-state index contributed by atoms with van der Waals surface area (Å²) in [4.78, 5) is 25.2. The summed E-state index contributed by atoms with van der Waals surface area (Å²) in [5.41, 5.74) is 14.2. The van der Waals surface area contributed by atoms with Gasteiger partial charge in [0, 0.05) is 34.6 Å². The molecule has 4 aromatic heterocycles. The lowest BCUT2D eigenvalue weighted by molar-refractivity contribution is -0.123. The van der Waals surface area contributed by atoms with Crippen LogP contribution in [0.5, 0.6) is 0 Å². The number of pyridine rings is 1. The quantitative estimate of drug-likeness (QED) is 0.410. The van der Waals surface area contributed by atoms with Gasteiger partial charge in [-0.25, -0.2) is 9.50 Å². The Bertz CT molecular complexity index is 1480. The van der Waals surface area contributed by atoms with E-state index < -0.39 is 0 Å². The van der Waals surface area contributed by atoms with Gasteiger partial charge in [0.25, 0.3) is 0 Å². The number of piperidine rings is 1. The standard InChI is InChI=1S/C27H34N6OS/c1-12(2)21-22-15(5)24(19-8-18-7-17(19)9-32(18)16(6)25(28)34)35-27(22)31-23(21)20-10-33-26(29-11-30-33)14(4)13(20)3/h10-12,16-19,31H,7-9H2,1-6H3,(H2,28,34)/t16?,17?,18?,19-/m1/s1. The van der Waals surface area contributed by atoms with Gasteiger partial charge in [-0.2, -0.15) is 5.10 Å². The summed E-state index contributed by atoms with van der Waals surface area (Å²) in [6.07, 6.45) is 6.04. The summed E-state index contributed by atoms with van der Waals surface area (Å²) in [6, 6.07) is 0.293. The van der Waals surface area contributed by atoms with Crippen molar-refractivity contribution in [3.63, 3.8) is 0 Å². The lowest BCUT2D eigenvalue weighted by atomic mass is 9.88. The van der Waals surface area contributed by atoms with Crippen LogP contribution in [-0.2, 0) is 4.79 Å². The molecule has 184 valence electrons. The number of amides is 1. The molecular formula is C27H34N6OS. The topological polar surface area (TPSA) is 92.3 Å². The van der Waals surface area contributed by atoms with Crippen LogP contribution in [0.25, 0.3) is 27.1 Å². The lowest BCUT2D eigenvalue weighted by Gasteiger charge is -2.34. The predicted octanol–water partition coefficient (Wildman–Crippen LogP) is 5.04. The van der Waals surface area contributed by atoms with Gasteiger partial charge < -0.3 is 10.7 Å². The number of carbonyl (C=O) groups is 1. The van der Waals surface area contributed by atoms with Crippen molar-refractivity contribution >= 4 is 33.1 Å². The van der Waals surface area contributed by atoms with Gasteiger partial charge in [-0.3, -0.25) is 9.69 Å². The Morgan fingerprint density at radius 1 is 1.17 bits per heavy atom. The molecule has 2 bridgehead atoms. The van der Waals surface area contributed by atoms with Gasteiger partial charge in [-0.05, 0) is 80.5 Å². The number of nitrogens with zero attached hydrogens (tertiary/aromatic N) is 4. The second kappa shape index (κ2) is 7.90. The van der Waals surface area contributed by atoms with Gasteiger partial charge in [0.05, 0.1) is 11.7 Å². The first-order valence-corrected chi connectivity index (χ1v) is 13.5. The van der Waals surface area contributed by atoms with E-state index >= 15 is 0 Å². The van der Waals surface area contributed by atoms with E-state index in [0.29, 0.717) is 23.8 Å². The summed E-state index contributed by atoms with van der Waals surface area (Å²) < 4.78 is 1.89. The molecule has 2 aliphatic rings. The van der Waals surface area contributed by atoms with E-state index in [1.807, 2.05) is 22.8 Å². The van der Waals surface area contributed by atoms with Gasteiger partial charge in [-0.1, -0.05) is 13.8 Å². The number of aromatic nitrogens is 4. The van der Waals surface area contributed by atoms with Crippen LogP contribution in [0.4, 0.5) is 0 Å². The molecule has 7 nitrogen and oxygen atoms in total. The summed E-state index contributed by atoms with van der Waals surface area (Å²) in [5.74, 6) is 1.35.